The number of hydrogen-bond donors (Lipinski definition) is 3. The molecule has 0 bridgehead atoms. The highest BCUT2D eigenvalue weighted by Gasteiger charge is 2.63. The molecule has 2 heterocycles. The first-order valence-corrected chi connectivity index (χ1v) is 11.9. The summed E-state index contributed by atoms with van der Waals surface area (Å²) < 4.78 is 70.4. The van der Waals surface area contributed by atoms with Crippen LogP contribution in [0.1, 0.15) is 29.2 Å². The molecule has 2 aromatic heterocycles. The number of carboxylic acid groups (broad SMARTS) is 1. The molecule has 4 rings (SSSR count). The minimum Gasteiger partial charge on any atom is -0.480 e. The van der Waals surface area contributed by atoms with E-state index in [4.69, 9.17) is 0 Å². The van der Waals surface area contributed by atoms with Crippen LogP contribution in [0, 0.1) is 0 Å². The lowest BCUT2D eigenvalue weighted by atomic mass is 9.98. The molecule has 1 aliphatic carbocycles. The molecule has 1 aliphatic rings. The number of thiophene rings is 1. The molecule has 13 heteroatoms. The van der Waals surface area contributed by atoms with Crippen LogP contribution >= 0.6 is 11.3 Å². The predicted molar refractivity (Wildman–Crippen MR) is 110 cm³/mol. The van der Waals surface area contributed by atoms with Gasteiger partial charge in [-0.15, -0.1) is 11.3 Å². The predicted octanol–water partition coefficient (Wildman–Crippen LogP) is 3.25. The molecular formula is C20H17F3N2O6S2. The van der Waals surface area contributed by atoms with Crippen LogP contribution < -0.4 is 4.72 Å². The second-order valence-corrected chi connectivity index (χ2v) is 10.5. The topological polar surface area (TPSA) is 130 Å². The van der Waals surface area contributed by atoms with Crippen molar-refractivity contribution in [2.45, 2.75) is 34.7 Å². The number of nitrogens with zero attached hydrogens (tertiary/aromatic N) is 1. The summed E-state index contributed by atoms with van der Waals surface area (Å²) in [7, 11) is -4.32. The first kappa shape index (κ1) is 23.4. The van der Waals surface area contributed by atoms with Crippen molar-refractivity contribution in [3.8, 4) is 10.6 Å². The first-order chi connectivity index (χ1) is 15.5. The molecule has 3 aromatic rings. The quantitative estimate of drug-likeness (QED) is 0.431. The summed E-state index contributed by atoms with van der Waals surface area (Å²) >= 11 is 0.639. The fraction of sp³-hybridized carbons (Fsp3) is 0.300. The number of rotatable bonds is 8. The maximum Gasteiger partial charge on any atom is 0.452 e. The fourth-order valence-corrected chi connectivity index (χ4v) is 6.33. The van der Waals surface area contributed by atoms with Gasteiger partial charge in [-0.3, -0.25) is 4.79 Å². The summed E-state index contributed by atoms with van der Waals surface area (Å²) in [5, 5.41) is 22.4. The van der Waals surface area contributed by atoms with Crippen LogP contribution in [0.15, 0.2) is 51.2 Å². The van der Waals surface area contributed by atoms with Gasteiger partial charge in [-0.05, 0) is 36.1 Å². The molecule has 1 saturated carbocycles. The van der Waals surface area contributed by atoms with Crippen molar-refractivity contribution in [3.05, 3.63) is 59.4 Å². The number of alkyl halides is 3. The Balaban J connectivity index is 1.60. The van der Waals surface area contributed by atoms with Crippen LogP contribution in [0.2, 0.25) is 0 Å². The van der Waals surface area contributed by atoms with Gasteiger partial charge in [0.1, 0.15) is 15.4 Å². The standard InChI is InChI=1S/C20H17F3N2O6S2/c21-20(22,23)16-9-14(24-31-16)15-5-6-17(32-15)33(29,30)25-19(18(27)28)10-13(19)12-4-2-1-3-11(12)7-8-26/h1-6,9,13,25-26H,7-8,10H2,(H,27,28). The van der Waals surface area contributed by atoms with Gasteiger partial charge >= 0.3 is 12.1 Å². The molecule has 8 nitrogen and oxygen atoms in total. The average molecular weight is 502 g/mol. The van der Waals surface area contributed by atoms with Crippen molar-refractivity contribution in [3.63, 3.8) is 0 Å². The van der Waals surface area contributed by atoms with Gasteiger partial charge in [0.15, 0.2) is 0 Å². The van der Waals surface area contributed by atoms with E-state index in [2.05, 4.69) is 14.4 Å². The number of benzene rings is 1. The van der Waals surface area contributed by atoms with Crippen LogP contribution in [0.3, 0.4) is 0 Å². The van der Waals surface area contributed by atoms with Crippen LogP contribution in [0.25, 0.3) is 10.6 Å². The third-order valence-corrected chi connectivity index (χ3v) is 8.47. The van der Waals surface area contributed by atoms with Gasteiger partial charge in [-0.2, -0.15) is 17.9 Å². The zero-order valence-electron chi connectivity index (χ0n) is 16.7. The SMILES string of the molecule is O=C(O)C1(NS(=O)(=O)c2ccc(-c3cc(C(F)(F)F)on3)s2)CC1c1ccccc1CCO. The number of aliphatic hydroxyl groups is 1. The van der Waals surface area contributed by atoms with Gasteiger partial charge in [0, 0.05) is 18.6 Å². The highest BCUT2D eigenvalue weighted by atomic mass is 32.2. The lowest BCUT2D eigenvalue weighted by molar-refractivity contribution is -0.155. The van der Waals surface area contributed by atoms with Gasteiger partial charge < -0.3 is 14.7 Å². The number of aliphatic hydroxyl groups excluding tert-OH is 1. The Morgan fingerprint density at radius 3 is 2.64 bits per heavy atom. The Morgan fingerprint density at radius 2 is 2.00 bits per heavy atom. The number of carbonyl (C=O) groups is 1. The summed E-state index contributed by atoms with van der Waals surface area (Å²) in [4.78, 5) is 12.2. The normalized spacial score (nSPS) is 20.7. The Labute approximate surface area is 189 Å². The van der Waals surface area contributed by atoms with E-state index < -0.39 is 39.4 Å². The Hall–Kier alpha value is -2.74. The van der Waals surface area contributed by atoms with Gasteiger partial charge in [-0.1, -0.05) is 29.4 Å². The smallest absolute Gasteiger partial charge is 0.452 e. The van der Waals surface area contributed by atoms with Gasteiger partial charge in [0.2, 0.25) is 5.76 Å². The molecule has 0 spiro atoms. The molecule has 1 fully saturated rings. The Bertz CT molecular complexity index is 1300. The van der Waals surface area contributed by atoms with Crippen molar-refractivity contribution in [2.24, 2.45) is 0 Å². The van der Waals surface area contributed by atoms with Crippen molar-refractivity contribution >= 4 is 27.3 Å². The number of aromatic nitrogens is 1. The maximum absolute atomic E-state index is 13.0. The minimum absolute atomic E-state index is 0.0144. The fourth-order valence-electron chi connectivity index (χ4n) is 3.67. The second kappa shape index (κ2) is 8.24. The molecule has 3 N–H and O–H groups in total. The van der Waals surface area contributed by atoms with Gasteiger partial charge in [-0.25, -0.2) is 8.42 Å². The van der Waals surface area contributed by atoms with E-state index in [0.717, 1.165) is 11.6 Å². The van der Waals surface area contributed by atoms with Crippen molar-refractivity contribution in [1.82, 2.24) is 9.88 Å². The third-order valence-electron chi connectivity index (χ3n) is 5.36. The first-order valence-electron chi connectivity index (χ1n) is 9.58. The highest BCUT2D eigenvalue weighted by Crippen LogP contribution is 2.53. The average Bonchev–Trinajstić information content (AvgIpc) is 3.12. The summed E-state index contributed by atoms with van der Waals surface area (Å²) in [5.74, 6) is -3.31. The number of hydrogen-bond acceptors (Lipinski definition) is 7. The maximum atomic E-state index is 13.0. The number of halogens is 3. The number of sulfonamides is 1. The van der Waals surface area contributed by atoms with Crippen molar-refractivity contribution < 1.29 is 41.1 Å². The van der Waals surface area contributed by atoms with E-state index in [1.165, 1.54) is 6.07 Å². The van der Waals surface area contributed by atoms with Gasteiger partial charge in [0.25, 0.3) is 10.0 Å². The van der Waals surface area contributed by atoms with Crippen LogP contribution in [0.4, 0.5) is 13.2 Å². The highest BCUT2D eigenvalue weighted by molar-refractivity contribution is 7.91. The molecule has 2 atom stereocenters. The van der Waals surface area contributed by atoms with Crippen molar-refractivity contribution in [2.75, 3.05) is 6.61 Å². The van der Waals surface area contributed by atoms with Gasteiger partial charge in [0.05, 0.1) is 4.88 Å². The molecule has 33 heavy (non-hydrogen) atoms. The molecule has 2 unspecified atom stereocenters. The van der Waals surface area contributed by atoms with E-state index in [9.17, 15) is 36.6 Å². The molecule has 0 saturated heterocycles. The van der Waals surface area contributed by atoms with E-state index in [1.807, 2.05) is 0 Å². The summed E-state index contributed by atoms with van der Waals surface area (Å²) in [6.07, 6.45) is -4.43. The molecule has 0 aliphatic heterocycles. The lowest BCUT2D eigenvalue weighted by Crippen LogP contribution is -2.44. The number of aliphatic carboxylic acids is 1. The summed E-state index contributed by atoms with van der Waals surface area (Å²) in [6.45, 7) is -0.147. The molecular weight excluding hydrogens is 485 g/mol. The summed E-state index contributed by atoms with van der Waals surface area (Å²) in [6, 6.07) is 9.97. The molecule has 176 valence electrons. The largest absolute Gasteiger partial charge is 0.480 e. The van der Waals surface area contributed by atoms with Crippen LogP contribution in [0.5, 0.6) is 0 Å². The third kappa shape index (κ3) is 4.40. The van der Waals surface area contributed by atoms with Crippen LogP contribution in [-0.4, -0.2) is 41.9 Å². The second-order valence-electron chi connectivity index (χ2n) is 7.50. The zero-order chi connectivity index (χ0) is 24.0. The van der Waals surface area contributed by atoms with E-state index >= 15 is 0 Å². The Morgan fingerprint density at radius 1 is 1.27 bits per heavy atom. The van der Waals surface area contributed by atoms with Crippen LogP contribution in [-0.2, 0) is 27.4 Å². The number of nitrogens with one attached hydrogen (secondary N) is 1. The van der Waals surface area contributed by atoms with Crippen molar-refractivity contribution in [1.29, 1.82) is 0 Å². The van der Waals surface area contributed by atoms with E-state index in [0.29, 0.717) is 29.4 Å². The van der Waals surface area contributed by atoms with E-state index in [-0.39, 0.29) is 27.8 Å². The molecule has 0 amide bonds. The minimum atomic E-state index is -4.74. The molecule has 0 radical (unpaired) electrons. The lowest BCUT2D eigenvalue weighted by Gasteiger charge is -2.16. The summed E-state index contributed by atoms with van der Waals surface area (Å²) in [5.41, 5.74) is -0.613. The Kier molecular flexibility index (Phi) is 5.85. The van der Waals surface area contributed by atoms with E-state index in [1.54, 1.807) is 24.3 Å². The number of carboxylic acids is 1. The molecule has 1 aromatic carbocycles. The zero-order valence-corrected chi connectivity index (χ0v) is 18.3. The monoisotopic (exact) mass is 502 g/mol.